The highest BCUT2D eigenvalue weighted by atomic mass is 32.2. The smallest absolute Gasteiger partial charge is 0.322 e. The number of rotatable bonds is 25. The Morgan fingerprint density at radius 3 is 1.38 bits per heavy atom. The molecule has 6 aromatic rings. The number of carbonyl (C=O) groups excluding carboxylic acids is 13. The number of amides is 13. The Labute approximate surface area is 688 Å². The van der Waals surface area contributed by atoms with Crippen LogP contribution in [0.1, 0.15) is 108 Å². The number of phenolic OH excluding ortho intramolecular Hbond substituents is 2. The number of aliphatic carboxylic acids is 3. The molecule has 1 aliphatic rings. The van der Waals surface area contributed by atoms with E-state index in [-0.39, 0.29) is 93.0 Å². The van der Waals surface area contributed by atoms with E-state index in [0.717, 1.165) is 0 Å². The minimum Gasteiger partial charge on any atom is -0.508 e. The van der Waals surface area contributed by atoms with Crippen LogP contribution in [0.25, 0.3) is 10.9 Å². The van der Waals surface area contributed by atoms with Crippen LogP contribution in [0, 0.1) is 11.8 Å². The van der Waals surface area contributed by atoms with Gasteiger partial charge in [-0.25, -0.2) is 4.98 Å². The highest BCUT2D eigenvalue weighted by Crippen LogP contribution is 2.22. The van der Waals surface area contributed by atoms with Crippen molar-refractivity contribution in [3.63, 3.8) is 0 Å². The van der Waals surface area contributed by atoms with E-state index in [1.165, 1.54) is 68.0 Å². The number of aromatic amines is 2. The third kappa shape index (κ3) is 30.9. The summed E-state index contributed by atoms with van der Waals surface area (Å²) in [6.07, 6.45) is 0.207. The van der Waals surface area contributed by atoms with Gasteiger partial charge < -0.3 is 110 Å². The number of nitrogens with two attached hydrogens (primary N) is 1. The number of nitrogens with one attached hydrogen (secondary N) is 15. The van der Waals surface area contributed by atoms with Gasteiger partial charge in [-0.05, 0) is 110 Å². The maximum Gasteiger partial charge on any atom is 0.322 e. The van der Waals surface area contributed by atoms with E-state index in [1.54, 1.807) is 88.5 Å². The average molecular weight is 1670 g/mol. The van der Waals surface area contributed by atoms with Crippen LogP contribution in [0.2, 0.25) is 0 Å². The van der Waals surface area contributed by atoms with Crippen molar-refractivity contribution in [2.75, 3.05) is 24.6 Å². The van der Waals surface area contributed by atoms with Gasteiger partial charge in [-0.1, -0.05) is 100 Å². The summed E-state index contributed by atoms with van der Waals surface area (Å²) >= 11 is 0.707. The molecule has 1 fully saturated rings. The second-order valence-corrected chi connectivity index (χ2v) is 30.6. The first kappa shape index (κ1) is 93.2. The van der Waals surface area contributed by atoms with Gasteiger partial charge in [0, 0.05) is 61.2 Å². The number of aromatic hydroxyl groups is 2. The molecule has 13 amide bonds. The van der Waals surface area contributed by atoms with Gasteiger partial charge in [0.2, 0.25) is 76.8 Å². The molecule has 0 aliphatic carbocycles. The number of hydrogen-bond acceptors (Lipinski definition) is 21. The molecule has 3 heterocycles. The number of thioether (sulfide) groups is 1. The molecule has 1 saturated heterocycles. The van der Waals surface area contributed by atoms with E-state index < -0.39 is 210 Å². The molecule has 0 radical (unpaired) electrons. The summed E-state index contributed by atoms with van der Waals surface area (Å²) in [5.74, 6) is -20.9. The molecule has 12 atom stereocenters. The molecule has 39 heteroatoms. The third-order valence-electron chi connectivity index (χ3n) is 18.9. The van der Waals surface area contributed by atoms with E-state index in [4.69, 9.17) is 5.73 Å². The number of carboxylic acids is 3. The first-order valence-corrected chi connectivity index (χ1v) is 39.7. The quantitative estimate of drug-likeness (QED) is 0.0298. The van der Waals surface area contributed by atoms with Gasteiger partial charge in [-0.15, -0.1) is 11.8 Å². The summed E-state index contributed by atoms with van der Waals surface area (Å²) in [4.78, 5) is 238. The predicted molar refractivity (Wildman–Crippen MR) is 431 cm³/mol. The molecule has 22 N–H and O–H groups in total. The fourth-order valence-corrected chi connectivity index (χ4v) is 13.7. The Kier molecular flexibility index (Phi) is 36.1. The van der Waals surface area contributed by atoms with Gasteiger partial charge in [-0.2, -0.15) is 0 Å². The summed E-state index contributed by atoms with van der Waals surface area (Å²) in [6.45, 7) is 7.11. The molecule has 0 spiro atoms. The Morgan fingerprint density at radius 1 is 0.462 bits per heavy atom. The van der Waals surface area contributed by atoms with Crippen molar-refractivity contribution in [1.29, 1.82) is 0 Å². The van der Waals surface area contributed by atoms with Crippen LogP contribution in [0.3, 0.4) is 0 Å². The lowest BCUT2D eigenvalue weighted by Crippen LogP contribution is -2.61. The van der Waals surface area contributed by atoms with E-state index in [1.807, 2.05) is 0 Å². The number of fused-ring (bicyclic) bond motifs is 1. The third-order valence-corrected chi connectivity index (χ3v) is 19.9. The lowest BCUT2D eigenvalue weighted by molar-refractivity contribution is -0.142. The molecule has 0 bridgehead atoms. The van der Waals surface area contributed by atoms with E-state index in [2.05, 4.69) is 84.1 Å². The van der Waals surface area contributed by atoms with Crippen LogP contribution in [0.4, 0.5) is 0 Å². The number of carbonyl (C=O) groups is 16. The molecule has 4 aromatic carbocycles. The van der Waals surface area contributed by atoms with Gasteiger partial charge in [-0.3, -0.25) is 76.7 Å². The van der Waals surface area contributed by atoms with E-state index >= 15 is 4.79 Å². The zero-order valence-electron chi connectivity index (χ0n) is 66.1. The Morgan fingerprint density at radius 2 is 0.882 bits per heavy atom. The summed E-state index contributed by atoms with van der Waals surface area (Å²) in [5.41, 5.74) is 8.23. The lowest BCUT2D eigenvalue weighted by atomic mass is 9.99. The second-order valence-electron chi connectivity index (χ2n) is 29.6. The van der Waals surface area contributed by atoms with Crippen LogP contribution in [0.15, 0.2) is 122 Å². The second kappa shape index (κ2) is 46.1. The number of aromatic nitrogens is 3. The van der Waals surface area contributed by atoms with E-state index in [0.29, 0.717) is 39.4 Å². The van der Waals surface area contributed by atoms with Crippen LogP contribution in [-0.2, 0) is 109 Å². The van der Waals surface area contributed by atoms with Crippen molar-refractivity contribution in [2.45, 2.75) is 184 Å². The van der Waals surface area contributed by atoms with Crippen LogP contribution < -0.4 is 74.9 Å². The van der Waals surface area contributed by atoms with Gasteiger partial charge in [0.05, 0.1) is 30.6 Å². The van der Waals surface area contributed by atoms with Gasteiger partial charge >= 0.3 is 17.9 Å². The summed E-state index contributed by atoms with van der Waals surface area (Å²) in [5, 5.41) is 83.9. The maximum absolute atomic E-state index is 15.0. The SMILES string of the molecule is CC(C)C[C@@H]1NC(=O)[C@H](Cc2c[nH]c3ccccc23)NC(=O)[C@H](C)NC(=O)[C@H](CC(=O)O)NC(=O)[C@H](Cc2ccccc2)NC(=O)[C@H](Cc2c[nH]cn2)NC(=O)[C@H](Cc2ccc(O)cc2)NC(=O)CSC[C@@H](C(=O)NCC(=O)O)NC(=O)[C@H](CC(C)C)NC(=O)[C@H](Cc2ccc(O)cc2)NC(=O)[C@H](CC(=O)O)NC(=O)[C@H](CCCCN)NC1=O. The normalized spacial score (nSPS) is 22.7. The average Bonchev–Trinajstić information content (AvgIpc) is 1.79. The molecule has 119 heavy (non-hydrogen) atoms. The lowest BCUT2D eigenvalue weighted by Gasteiger charge is -2.28. The number of phenols is 2. The number of unbranched alkanes of at least 4 members (excludes halogenated alkanes) is 1. The van der Waals surface area contributed by atoms with Crippen LogP contribution >= 0.6 is 11.8 Å². The number of para-hydroxylation sites is 1. The number of nitrogens with zero attached hydrogens (tertiary/aromatic N) is 1. The predicted octanol–water partition coefficient (Wildman–Crippen LogP) is -1.23. The number of benzene rings is 4. The standard InChI is InChI=1S/C80H103N17O21S/c1-42(2)27-55-73(111)88-54(17-11-12-26-81)71(109)95-63(35-67(103)104)80(118)93-59(31-47-20-24-51(99)25-21-47)76(114)90-56(28-43(3)4)74(112)97-64(70(108)84-38-68(105)106)39-119-40-65(100)87-57(30-46-18-22-50(98)23-19-46)75(113)94-61(33-49-37-82-41-85-49)79(117)92-58(29-45-13-7-6-8-14-45)77(115)96-62(34-66(101)102)72(110)86-44(5)69(107)89-60(78(116)91-55)32-48-36-83-53-16-10-9-15-52(48)53/h6-10,13-16,18-25,36-37,41-44,54-64,83,98-99H,11-12,17,26-35,38-40,81H2,1-5H3,(H,82,85)(H,84,108)(H,86,110)(H,87,100)(H,88,111)(H,89,107)(H,90,114)(H,91,116)(H,92,117)(H,93,118)(H,94,113)(H,95,109)(H,96,115)(H,97,112)(H,101,102)(H,103,104)(H,105,106)/t44-,54-,55-,56-,57-,58-,59-,60-,61-,62-,63-,64-/m0/s1. The van der Waals surface area contributed by atoms with Crippen molar-refractivity contribution in [3.05, 3.63) is 150 Å². The van der Waals surface area contributed by atoms with Crippen molar-refractivity contribution in [1.82, 2.24) is 84.1 Å². The zero-order valence-corrected chi connectivity index (χ0v) is 67.0. The summed E-state index contributed by atoms with van der Waals surface area (Å²) < 4.78 is 0. The Balaban J connectivity index is 1.31. The maximum atomic E-state index is 15.0. The summed E-state index contributed by atoms with van der Waals surface area (Å²) in [7, 11) is 0. The molecule has 640 valence electrons. The Bertz CT molecular complexity index is 4530. The van der Waals surface area contributed by atoms with Gasteiger partial charge in [0.1, 0.15) is 90.5 Å². The first-order valence-electron chi connectivity index (χ1n) is 38.6. The van der Waals surface area contributed by atoms with Crippen LogP contribution in [-0.4, -0.2) is 232 Å². The monoisotopic (exact) mass is 1670 g/mol. The van der Waals surface area contributed by atoms with Crippen molar-refractivity contribution >= 4 is 117 Å². The number of carboxylic acid groups (broad SMARTS) is 3. The van der Waals surface area contributed by atoms with Crippen molar-refractivity contribution in [2.24, 2.45) is 17.6 Å². The van der Waals surface area contributed by atoms with Crippen molar-refractivity contribution < 1.29 is 102 Å². The molecule has 38 nitrogen and oxygen atoms in total. The number of hydrogen-bond donors (Lipinski definition) is 21. The molecular weight excluding hydrogens is 1570 g/mol. The minimum absolute atomic E-state index is 0.107. The fourth-order valence-electron chi connectivity index (χ4n) is 12.8. The number of H-pyrrole nitrogens is 2. The van der Waals surface area contributed by atoms with Crippen LogP contribution in [0.5, 0.6) is 11.5 Å². The van der Waals surface area contributed by atoms with E-state index in [9.17, 15) is 97.5 Å². The van der Waals surface area contributed by atoms with Gasteiger partial charge in [0.25, 0.3) is 0 Å². The highest BCUT2D eigenvalue weighted by Gasteiger charge is 2.39. The molecular formula is C80H103N17O21S. The zero-order chi connectivity index (χ0) is 87.0. The molecule has 0 unspecified atom stereocenters. The van der Waals surface area contributed by atoms with Gasteiger partial charge in [0.15, 0.2) is 0 Å². The molecule has 1 aliphatic heterocycles. The highest BCUT2D eigenvalue weighted by molar-refractivity contribution is 8.00. The fraction of sp³-hybridized carbons (Fsp3) is 0.438. The number of imidazole rings is 1. The largest absolute Gasteiger partial charge is 0.508 e. The molecule has 7 rings (SSSR count). The molecule has 2 aromatic heterocycles. The topological polar surface area (TPSA) is 601 Å². The molecule has 0 saturated carbocycles. The Hall–Kier alpha value is -12.9. The van der Waals surface area contributed by atoms with Crippen molar-refractivity contribution in [3.8, 4) is 11.5 Å². The first-order chi connectivity index (χ1) is 56.6. The summed E-state index contributed by atoms with van der Waals surface area (Å²) in [6, 6.07) is 5.48. The minimum atomic E-state index is -2.03.